The van der Waals surface area contributed by atoms with Crippen molar-refractivity contribution < 1.29 is 4.74 Å². The van der Waals surface area contributed by atoms with Crippen LogP contribution < -0.4 is 10.2 Å². The van der Waals surface area contributed by atoms with E-state index in [2.05, 4.69) is 77.9 Å². The van der Waals surface area contributed by atoms with Crippen LogP contribution in [0.4, 0.5) is 11.5 Å². The molecule has 0 spiro atoms. The van der Waals surface area contributed by atoms with Crippen molar-refractivity contribution in [1.82, 2.24) is 9.38 Å². The van der Waals surface area contributed by atoms with E-state index in [9.17, 15) is 0 Å². The van der Waals surface area contributed by atoms with Crippen LogP contribution in [0.2, 0.25) is 0 Å². The molecule has 6 heteroatoms. The predicted octanol–water partition coefficient (Wildman–Crippen LogP) is 5.43. The molecule has 0 unspecified atom stereocenters. The smallest absolute Gasteiger partial charge is 0.197 e. The highest BCUT2D eigenvalue weighted by Gasteiger charge is 2.18. The third kappa shape index (κ3) is 3.70. The number of benzene rings is 2. The number of nitrogens with one attached hydrogen (secondary N) is 1. The Kier molecular flexibility index (Phi) is 5.74. The van der Waals surface area contributed by atoms with Gasteiger partial charge in [-0.05, 0) is 50.6 Å². The fourth-order valence-corrected chi connectivity index (χ4v) is 4.86. The maximum absolute atomic E-state index is 5.25. The Hall–Kier alpha value is -2.57. The second-order valence-corrected chi connectivity index (χ2v) is 8.15. The van der Waals surface area contributed by atoms with Crippen LogP contribution in [0.5, 0.6) is 0 Å². The van der Waals surface area contributed by atoms with Crippen LogP contribution in [0.1, 0.15) is 19.4 Å². The zero-order valence-electron chi connectivity index (χ0n) is 17.5. The van der Waals surface area contributed by atoms with Crippen LogP contribution in [0, 0.1) is 6.92 Å². The lowest BCUT2D eigenvalue weighted by Gasteiger charge is -2.21. The Morgan fingerprint density at radius 2 is 1.86 bits per heavy atom. The molecule has 0 saturated heterocycles. The number of fused-ring (bicyclic) bond motifs is 3. The third-order valence-electron chi connectivity index (χ3n) is 5.27. The zero-order chi connectivity index (χ0) is 20.4. The Morgan fingerprint density at radius 1 is 1.10 bits per heavy atom. The lowest BCUT2D eigenvalue weighted by atomic mass is 10.1. The molecule has 2 aromatic carbocycles. The molecule has 1 N–H and O–H groups in total. The van der Waals surface area contributed by atoms with Gasteiger partial charge in [0.25, 0.3) is 0 Å². The third-order valence-corrected chi connectivity index (χ3v) is 6.28. The first kappa shape index (κ1) is 19.7. The number of hydrogen-bond donors (Lipinski definition) is 1. The lowest BCUT2D eigenvalue weighted by Crippen LogP contribution is -2.21. The van der Waals surface area contributed by atoms with E-state index >= 15 is 0 Å². The Bertz CT molecular complexity index is 1110. The largest absolute Gasteiger partial charge is 0.383 e. The Labute approximate surface area is 175 Å². The molecule has 0 radical (unpaired) electrons. The summed E-state index contributed by atoms with van der Waals surface area (Å²) in [4.78, 5) is 8.37. The number of methoxy groups -OCH3 is 1. The molecule has 0 aliphatic rings. The van der Waals surface area contributed by atoms with Crippen LogP contribution in [0.25, 0.3) is 26.4 Å². The molecular weight excluding hydrogens is 380 g/mol. The number of hydrogen-bond acceptors (Lipinski definition) is 5. The van der Waals surface area contributed by atoms with Crippen molar-refractivity contribution in [2.24, 2.45) is 0 Å². The minimum absolute atomic E-state index is 0.648. The number of imidazole rings is 1. The van der Waals surface area contributed by atoms with Gasteiger partial charge in [-0.15, -0.1) is 0 Å². The van der Waals surface area contributed by atoms with Crippen molar-refractivity contribution in [3.05, 3.63) is 48.0 Å². The molecule has 29 heavy (non-hydrogen) atoms. The first-order valence-electron chi connectivity index (χ1n) is 10.2. The van der Waals surface area contributed by atoms with E-state index < -0.39 is 0 Å². The summed E-state index contributed by atoms with van der Waals surface area (Å²) >= 11 is 1.73. The summed E-state index contributed by atoms with van der Waals surface area (Å²) < 4.78 is 8.75. The molecule has 0 bridgehead atoms. The molecule has 4 aromatic rings. The van der Waals surface area contributed by atoms with E-state index in [0.717, 1.165) is 41.7 Å². The van der Waals surface area contributed by atoms with Crippen LogP contribution in [0.15, 0.2) is 42.5 Å². The molecular formula is C23H28N4OS. The summed E-state index contributed by atoms with van der Waals surface area (Å²) in [5.41, 5.74) is 5.81. The number of thiazole rings is 1. The molecule has 4 rings (SSSR count). The van der Waals surface area contributed by atoms with Crippen molar-refractivity contribution in [3.8, 4) is 11.3 Å². The maximum atomic E-state index is 5.25. The molecule has 0 amide bonds. The molecule has 0 aliphatic heterocycles. The van der Waals surface area contributed by atoms with Gasteiger partial charge in [-0.2, -0.15) is 0 Å². The number of aromatic nitrogens is 2. The van der Waals surface area contributed by atoms with Crippen LogP contribution in [-0.4, -0.2) is 42.7 Å². The van der Waals surface area contributed by atoms with Crippen molar-refractivity contribution in [2.75, 3.05) is 43.6 Å². The van der Waals surface area contributed by atoms with Crippen molar-refractivity contribution in [2.45, 2.75) is 20.8 Å². The van der Waals surface area contributed by atoms with E-state index in [1.807, 2.05) is 0 Å². The summed E-state index contributed by atoms with van der Waals surface area (Å²) in [5, 5.41) is 3.56. The van der Waals surface area contributed by atoms with E-state index in [0.29, 0.717) is 6.61 Å². The van der Waals surface area contributed by atoms with Gasteiger partial charge in [0.1, 0.15) is 11.5 Å². The maximum Gasteiger partial charge on any atom is 0.197 e. The van der Waals surface area contributed by atoms with Gasteiger partial charge in [0.2, 0.25) is 0 Å². The summed E-state index contributed by atoms with van der Waals surface area (Å²) in [6.45, 7) is 9.89. The molecule has 5 nitrogen and oxygen atoms in total. The average molecular weight is 409 g/mol. The monoisotopic (exact) mass is 408 g/mol. The molecule has 2 aromatic heterocycles. The zero-order valence-corrected chi connectivity index (χ0v) is 18.3. The molecule has 0 atom stereocenters. The van der Waals surface area contributed by atoms with E-state index in [1.54, 1.807) is 18.4 Å². The molecule has 2 heterocycles. The van der Waals surface area contributed by atoms with Gasteiger partial charge in [-0.1, -0.05) is 29.5 Å². The fraction of sp³-hybridized carbons (Fsp3) is 0.348. The minimum atomic E-state index is 0.648. The fourth-order valence-electron chi connectivity index (χ4n) is 3.73. The second kappa shape index (κ2) is 8.43. The normalized spacial score (nSPS) is 11.4. The first-order chi connectivity index (χ1) is 14.2. The number of anilines is 2. The van der Waals surface area contributed by atoms with Crippen molar-refractivity contribution in [1.29, 1.82) is 0 Å². The first-order valence-corrected chi connectivity index (χ1v) is 11.0. The highest BCUT2D eigenvalue weighted by atomic mass is 32.1. The van der Waals surface area contributed by atoms with E-state index in [-0.39, 0.29) is 0 Å². The predicted molar refractivity (Wildman–Crippen MR) is 125 cm³/mol. The molecule has 0 saturated carbocycles. The van der Waals surface area contributed by atoms with Gasteiger partial charge in [0, 0.05) is 38.0 Å². The topological polar surface area (TPSA) is 41.8 Å². The van der Waals surface area contributed by atoms with E-state index in [1.165, 1.54) is 21.5 Å². The standard InChI is InChI=1S/C23H28N4OS/c1-5-26(6-2)18-10-8-17(9-11-18)21-22(24-13-14-28-4)27-19-12-7-16(3)15-20(19)29-23(27)25-21/h7-12,15,24H,5-6,13-14H2,1-4H3. The molecule has 0 aliphatic carbocycles. The number of aryl methyl sites for hydroxylation is 1. The second-order valence-electron chi connectivity index (χ2n) is 7.14. The van der Waals surface area contributed by atoms with Gasteiger partial charge >= 0.3 is 0 Å². The van der Waals surface area contributed by atoms with Gasteiger partial charge in [0.15, 0.2) is 4.96 Å². The molecule has 0 fully saturated rings. The number of nitrogens with zero attached hydrogens (tertiary/aromatic N) is 3. The SMILES string of the molecule is CCN(CC)c1ccc(-c2nc3sc4cc(C)ccc4n3c2NCCOC)cc1. The summed E-state index contributed by atoms with van der Waals surface area (Å²) in [6.07, 6.45) is 0. The van der Waals surface area contributed by atoms with Crippen LogP contribution >= 0.6 is 11.3 Å². The quantitative estimate of drug-likeness (QED) is 0.395. The van der Waals surface area contributed by atoms with Gasteiger partial charge in [-0.25, -0.2) is 4.98 Å². The van der Waals surface area contributed by atoms with E-state index in [4.69, 9.17) is 9.72 Å². The van der Waals surface area contributed by atoms with Crippen LogP contribution in [0.3, 0.4) is 0 Å². The van der Waals surface area contributed by atoms with Gasteiger partial charge < -0.3 is 15.0 Å². The minimum Gasteiger partial charge on any atom is -0.383 e. The summed E-state index contributed by atoms with van der Waals surface area (Å²) in [5.74, 6) is 1.03. The number of rotatable bonds is 8. The summed E-state index contributed by atoms with van der Waals surface area (Å²) in [7, 11) is 1.73. The molecule has 152 valence electrons. The van der Waals surface area contributed by atoms with Crippen molar-refractivity contribution in [3.63, 3.8) is 0 Å². The Balaban J connectivity index is 1.81. The van der Waals surface area contributed by atoms with Crippen LogP contribution in [-0.2, 0) is 4.74 Å². The highest BCUT2D eigenvalue weighted by molar-refractivity contribution is 7.23. The number of ether oxygens (including phenoxy) is 1. The average Bonchev–Trinajstić information content (AvgIpc) is 3.25. The van der Waals surface area contributed by atoms with Gasteiger partial charge in [0.05, 0.1) is 16.8 Å². The van der Waals surface area contributed by atoms with Crippen molar-refractivity contribution >= 4 is 38.0 Å². The Morgan fingerprint density at radius 3 is 2.55 bits per heavy atom. The van der Waals surface area contributed by atoms with Gasteiger partial charge in [-0.3, -0.25) is 4.40 Å². The summed E-state index contributed by atoms with van der Waals surface area (Å²) in [6, 6.07) is 15.3. The lowest BCUT2D eigenvalue weighted by molar-refractivity contribution is 0.210. The highest BCUT2D eigenvalue weighted by Crippen LogP contribution is 2.36.